The highest BCUT2D eigenvalue weighted by Crippen LogP contribution is 2.58. The Morgan fingerprint density at radius 3 is 2.59 bits per heavy atom. The van der Waals surface area contributed by atoms with E-state index < -0.39 is 0 Å². The van der Waals surface area contributed by atoms with Gasteiger partial charge in [0.2, 0.25) is 5.91 Å². The first kappa shape index (κ1) is 16.8. The maximum atomic E-state index is 12.2. The minimum atomic E-state index is -0.157. The van der Waals surface area contributed by atoms with Crippen LogP contribution in [0.5, 0.6) is 0 Å². The van der Waals surface area contributed by atoms with Gasteiger partial charge in [-0.25, -0.2) is 0 Å². The fraction of sp³-hybridized carbons (Fsp3) is 0.571. The van der Waals surface area contributed by atoms with Crippen molar-refractivity contribution in [1.29, 1.82) is 0 Å². The number of aryl methyl sites for hydroxylation is 1. The predicted octanol–water partition coefficient (Wildman–Crippen LogP) is 3.68. The Hall–Kier alpha value is -2.37. The number of nitrogens with one attached hydrogen (secondary N) is 1. The van der Waals surface area contributed by atoms with Crippen LogP contribution in [0.15, 0.2) is 30.7 Å². The van der Waals surface area contributed by atoms with E-state index in [-0.39, 0.29) is 11.4 Å². The van der Waals surface area contributed by atoms with Crippen molar-refractivity contribution in [2.45, 2.75) is 57.5 Å². The molecule has 1 amide bonds. The molecule has 0 unspecified atom stereocenters. The van der Waals surface area contributed by atoms with E-state index in [1.165, 1.54) is 38.5 Å². The summed E-state index contributed by atoms with van der Waals surface area (Å²) in [7, 11) is 0. The molecule has 6 heteroatoms. The number of aromatic nitrogens is 4. The van der Waals surface area contributed by atoms with Gasteiger partial charge >= 0.3 is 0 Å². The van der Waals surface area contributed by atoms with Crippen molar-refractivity contribution in [2.24, 2.45) is 17.8 Å². The number of carbonyl (C=O) groups excluding carboxylic acids is 1. The Morgan fingerprint density at radius 1 is 1.26 bits per heavy atom. The molecule has 27 heavy (non-hydrogen) atoms. The van der Waals surface area contributed by atoms with Crippen LogP contribution in [0.3, 0.4) is 0 Å². The highest BCUT2D eigenvalue weighted by Gasteiger charge is 2.52. The third-order valence-corrected chi connectivity index (χ3v) is 6.74. The number of amides is 1. The predicted molar refractivity (Wildman–Crippen MR) is 104 cm³/mol. The Balaban J connectivity index is 1.26. The smallest absolute Gasteiger partial charge is 0.249 e. The molecule has 2 aromatic heterocycles. The van der Waals surface area contributed by atoms with Crippen LogP contribution >= 0.6 is 0 Å². The van der Waals surface area contributed by atoms with Crippen molar-refractivity contribution in [3.63, 3.8) is 0 Å². The summed E-state index contributed by atoms with van der Waals surface area (Å²) in [6, 6.07) is 1.93. The van der Waals surface area contributed by atoms with E-state index in [1.807, 2.05) is 23.9 Å². The van der Waals surface area contributed by atoms with E-state index in [0.717, 1.165) is 29.9 Å². The molecule has 0 aliphatic heterocycles. The van der Waals surface area contributed by atoms with Crippen LogP contribution in [-0.2, 0) is 16.9 Å². The molecule has 2 heterocycles. The summed E-state index contributed by atoms with van der Waals surface area (Å²) < 4.78 is 4.01. The summed E-state index contributed by atoms with van der Waals surface area (Å²) in [5.41, 5.74) is 1.12. The molecule has 1 N–H and O–H groups in total. The zero-order valence-electron chi connectivity index (χ0n) is 15.8. The van der Waals surface area contributed by atoms with Crippen molar-refractivity contribution in [1.82, 2.24) is 19.6 Å². The van der Waals surface area contributed by atoms with Crippen LogP contribution in [0.4, 0.5) is 5.82 Å². The Labute approximate surface area is 159 Å². The molecule has 6 rings (SSSR count). The van der Waals surface area contributed by atoms with Crippen molar-refractivity contribution in [3.8, 4) is 0 Å². The Kier molecular flexibility index (Phi) is 3.95. The molecule has 0 radical (unpaired) electrons. The number of anilines is 1. The van der Waals surface area contributed by atoms with Gasteiger partial charge < -0.3 is 5.32 Å². The largest absolute Gasteiger partial charge is 0.306 e. The number of nitrogens with zero attached hydrogens (tertiary/aromatic N) is 4. The number of hydrogen-bond donors (Lipinski definition) is 1. The number of hydrogen-bond acceptors (Lipinski definition) is 3. The second-order valence-corrected chi connectivity index (χ2v) is 8.74. The first-order valence-electron chi connectivity index (χ1n) is 10.2. The molecule has 4 aliphatic carbocycles. The lowest BCUT2D eigenvalue weighted by molar-refractivity contribution is -0.111. The van der Waals surface area contributed by atoms with Gasteiger partial charge in [-0.1, -0.05) is 0 Å². The van der Waals surface area contributed by atoms with E-state index in [4.69, 9.17) is 5.10 Å². The zero-order chi connectivity index (χ0) is 18.4. The molecule has 4 aliphatic rings. The van der Waals surface area contributed by atoms with Crippen molar-refractivity contribution >= 4 is 17.8 Å². The molecule has 0 aromatic carbocycles. The monoisotopic (exact) mass is 365 g/mol. The second-order valence-electron chi connectivity index (χ2n) is 8.74. The highest BCUT2D eigenvalue weighted by molar-refractivity contribution is 6.01. The van der Waals surface area contributed by atoms with Crippen LogP contribution in [0.2, 0.25) is 0 Å². The van der Waals surface area contributed by atoms with Gasteiger partial charge in [0.15, 0.2) is 5.82 Å². The lowest BCUT2D eigenvalue weighted by Crippen LogP contribution is -2.52. The molecule has 4 bridgehead atoms. The molecular weight excluding hydrogens is 338 g/mol. The summed E-state index contributed by atoms with van der Waals surface area (Å²) in [6.07, 6.45) is 17.1. The average molecular weight is 365 g/mol. The van der Waals surface area contributed by atoms with Gasteiger partial charge in [-0.15, -0.1) is 0 Å². The van der Waals surface area contributed by atoms with Crippen LogP contribution in [0.1, 0.15) is 51.0 Å². The van der Waals surface area contributed by atoms with Crippen LogP contribution in [-0.4, -0.2) is 25.5 Å². The topological polar surface area (TPSA) is 64.7 Å². The van der Waals surface area contributed by atoms with E-state index in [0.29, 0.717) is 5.82 Å². The summed E-state index contributed by atoms with van der Waals surface area (Å²) >= 11 is 0. The maximum absolute atomic E-state index is 12.2. The van der Waals surface area contributed by atoms with Gasteiger partial charge in [-0.05, 0) is 69.3 Å². The summed E-state index contributed by atoms with van der Waals surface area (Å²) in [5.74, 6) is 3.13. The third-order valence-electron chi connectivity index (χ3n) is 6.74. The second kappa shape index (κ2) is 6.36. The molecule has 0 saturated heterocycles. The molecule has 2 aromatic rings. The molecule has 4 saturated carbocycles. The van der Waals surface area contributed by atoms with Crippen molar-refractivity contribution in [2.75, 3.05) is 5.32 Å². The summed E-state index contributed by atoms with van der Waals surface area (Å²) in [4.78, 5) is 12.2. The van der Waals surface area contributed by atoms with Gasteiger partial charge in [-0.3, -0.25) is 14.2 Å². The van der Waals surface area contributed by atoms with Gasteiger partial charge in [0, 0.05) is 36.6 Å². The van der Waals surface area contributed by atoms with Gasteiger partial charge in [-0.2, -0.15) is 10.2 Å². The minimum Gasteiger partial charge on any atom is -0.306 e. The normalized spacial score (nSPS) is 31.7. The van der Waals surface area contributed by atoms with E-state index >= 15 is 0 Å². The fourth-order valence-corrected chi connectivity index (χ4v) is 5.98. The quantitative estimate of drug-likeness (QED) is 0.822. The molecule has 6 nitrogen and oxygen atoms in total. The summed E-state index contributed by atoms with van der Waals surface area (Å²) in [6.45, 7) is 2.86. The molecule has 0 spiro atoms. The fourth-order valence-electron chi connectivity index (χ4n) is 5.98. The zero-order valence-corrected chi connectivity index (χ0v) is 15.8. The van der Waals surface area contributed by atoms with Crippen LogP contribution < -0.4 is 5.32 Å². The van der Waals surface area contributed by atoms with Crippen LogP contribution in [0.25, 0.3) is 6.08 Å². The first-order valence-corrected chi connectivity index (χ1v) is 10.2. The van der Waals surface area contributed by atoms with E-state index in [1.54, 1.807) is 18.3 Å². The maximum Gasteiger partial charge on any atom is 0.249 e. The first-order chi connectivity index (χ1) is 13.1. The number of rotatable bonds is 5. The van der Waals surface area contributed by atoms with Gasteiger partial charge in [0.1, 0.15) is 0 Å². The standard InChI is InChI=1S/C21H27N5O/c1-2-25-14-15(13-22-25)3-4-20(27)23-19-5-6-26(24-19)21-10-16-7-17(11-21)9-18(8-16)12-21/h3-6,13-14,16-18H,2,7-12H2,1H3,(H,23,24,27). The minimum absolute atomic E-state index is 0.157. The molecular formula is C21H27N5O. The van der Waals surface area contributed by atoms with E-state index in [2.05, 4.69) is 21.3 Å². The Bertz CT molecular complexity index is 841. The van der Waals surface area contributed by atoms with Gasteiger partial charge in [0.25, 0.3) is 0 Å². The molecule has 0 atom stereocenters. The van der Waals surface area contributed by atoms with Gasteiger partial charge in [0.05, 0.1) is 11.7 Å². The average Bonchev–Trinajstić information content (AvgIpc) is 3.28. The summed E-state index contributed by atoms with van der Waals surface area (Å²) in [5, 5.41) is 11.9. The van der Waals surface area contributed by atoms with Crippen molar-refractivity contribution in [3.05, 3.63) is 36.3 Å². The lowest BCUT2D eigenvalue weighted by Gasteiger charge is -2.56. The highest BCUT2D eigenvalue weighted by atomic mass is 16.1. The van der Waals surface area contributed by atoms with Crippen LogP contribution in [0, 0.1) is 17.8 Å². The SMILES string of the molecule is CCn1cc(C=CC(=O)Nc2ccn(C34CC5CC(CC(C5)C3)C4)n2)cn1. The molecule has 4 fully saturated rings. The lowest BCUT2D eigenvalue weighted by atomic mass is 9.53. The number of carbonyl (C=O) groups is 1. The van der Waals surface area contributed by atoms with E-state index in [9.17, 15) is 4.79 Å². The molecule has 142 valence electrons. The van der Waals surface area contributed by atoms with Crippen molar-refractivity contribution < 1.29 is 4.79 Å². The Morgan fingerprint density at radius 2 is 1.96 bits per heavy atom. The third kappa shape index (κ3) is 3.11.